The number of benzene rings is 2. The Bertz CT molecular complexity index is 686. The lowest BCUT2D eigenvalue weighted by Crippen LogP contribution is -2.15. The van der Waals surface area contributed by atoms with Gasteiger partial charge in [-0.1, -0.05) is 6.07 Å². The Morgan fingerprint density at radius 1 is 1.29 bits per heavy atom. The van der Waals surface area contributed by atoms with Crippen molar-refractivity contribution in [1.29, 1.82) is 5.41 Å². The predicted molar refractivity (Wildman–Crippen MR) is 74.8 cm³/mol. The molecule has 6 nitrogen and oxygen atoms in total. The SMILES string of the molecule is N=C(N)c1cc(F)ccc1COc1ccc([N+](=O)[O-])cc1. The van der Waals surface area contributed by atoms with E-state index in [4.69, 9.17) is 15.9 Å². The minimum atomic E-state index is -0.502. The van der Waals surface area contributed by atoms with Crippen LogP contribution in [0.2, 0.25) is 0 Å². The fourth-order valence-corrected chi connectivity index (χ4v) is 1.75. The standard InChI is InChI=1S/C14H12FN3O3/c15-10-2-1-9(13(7-10)14(16)17)8-21-12-5-3-11(4-6-12)18(19)20/h1-7H,8H2,(H3,16,17). The molecule has 0 radical (unpaired) electrons. The molecule has 0 bridgehead atoms. The summed E-state index contributed by atoms with van der Waals surface area (Å²) in [5, 5.41) is 17.9. The lowest BCUT2D eigenvalue weighted by Gasteiger charge is -2.10. The van der Waals surface area contributed by atoms with Gasteiger partial charge in [-0.05, 0) is 24.3 Å². The van der Waals surface area contributed by atoms with Crippen molar-refractivity contribution >= 4 is 11.5 Å². The van der Waals surface area contributed by atoms with E-state index in [2.05, 4.69) is 0 Å². The first-order valence-electron chi connectivity index (χ1n) is 5.97. The molecule has 0 saturated carbocycles. The summed E-state index contributed by atoms with van der Waals surface area (Å²) in [4.78, 5) is 10.0. The average Bonchev–Trinajstić information content (AvgIpc) is 2.46. The Balaban J connectivity index is 2.13. The second-order valence-electron chi connectivity index (χ2n) is 4.25. The van der Waals surface area contributed by atoms with Crippen LogP contribution in [0.3, 0.4) is 0 Å². The highest BCUT2D eigenvalue weighted by Crippen LogP contribution is 2.19. The Kier molecular flexibility index (Phi) is 4.13. The second-order valence-corrected chi connectivity index (χ2v) is 4.25. The van der Waals surface area contributed by atoms with Gasteiger partial charge in [-0.2, -0.15) is 0 Å². The van der Waals surface area contributed by atoms with Gasteiger partial charge in [0.2, 0.25) is 0 Å². The lowest BCUT2D eigenvalue weighted by atomic mass is 10.1. The Morgan fingerprint density at radius 3 is 2.52 bits per heavy atom. The summed E-state index contributed by atoms with van der Waals surface area (Å²) < 4.78 is 18.6. The van der Waals surface area contributed by atoms with Crippen molar-refractivity contribution in [2.75, 3.05) is 0 Å². The third-order valence-corrected chi connectivity index (χ3v) is 2.80. The van der Waals surface area contributed by atoms with Gasteiger partial charge in [-0.25, -0.2) is 4.39 Å². The van der Waals surface area contributed by atoms with E-state index in [0.29, 0.717) is 11.3 Å². The van der Waals surface area contributed by atoms with Crippen molar-refractivity contribution in [2.45, 2.75) is 6.61 Å². The van der Waals surface area contributed by atoms with Crippen molar-refractivity contribution in [3.63, 3.8) is 0 Å². The number of nitro benzene ring substituents is 1. The Labute approximate surface area is 119 Å². The summed E-state index contributed by atoms with van der Waals surface area (Å²) in [6.07, 6.45) is 0. The first-order chi connectivity index (χ1) is 9.97. The minimum absolute atomic E-state index is 0.0337. The Hall–Kier alpha value is -2.96. The quantitative estimate of drug-likeness (QED) is 0.382. The van der Waals surface area contributed by atoms with Crippen molar-refractivity contribution in [3.05, 3.63) is 69.5 Å². The first kappa shape index (κ1) is 14.4. The van der Waals surface area contributed by atoms with Crippen LogP contribution in [0.5, 0.6) is 5.75 Å². The topological polar surface area (TPSA) is 102 Å². The molecule has 0 heterocycles. The normalized spacial score (nSPS) is 10.1. The predicted octanol–water partition coefficient (Wildman–Crippen LogP) is 2.60. The van der Waals surface area contributed by atoms with Gasteiger partial charge in [0.1, 0.15) is 24.0 Å². The molecule has 0 spiro atoms. The number of nitro groups is 1. The van der Waals surface area contributed by atoms with Crippen molar-refractivity contribution in [3.8, 4) is 5.75 Å². The third kappa shape index (κ3) is 3.53. The van der Waals surface area contributed by atoms with Crippen LogP contribution in [0.15, 0.2) is 42.5 Å². The average molecular weight is 289 g/mol. The molecule has 108 valence electrons. The largest absolute Gasteiger partial charge is 0.489 e. The molecule has 0 aliphatic heterocycles. The number of nitrogens with two attached hydrogens (primary N) is 1. The molecule has 2 rings (SSSR count). The zero-order chi connectivity index (χ0) is 15.4. The Morgan fingerprint density at radius 2 is 1.95 bits per heavy atom. The molecule has 21 heavy (non-hydrogen) atoms. The number of nitrogens with one attached hydrogen (secondary N) is 1. The molecule has 7 heteroatoms. The highest BCUT2D eigenvalue weighted by Gasteiger charge is 2.09. The van der Waals surface area contributed by atoms with Crippen LogP contribution in [0.25, 0.3) is 0 Å². The fourth-order valence-electron chi connectivity index (χ4n) is 1.75. The molecular weight excluding hydrogens is 277 g/mol. The number of ether oxygens (including phenoxy) is 1. The molecule has 3 N–H and O–H groups in total. The van der Waals surface area contributed by atoms with Gasteiger partial charge in [0.05, 0.1) is 4.92 Å². The van der Waals surface area contributed by atoms with Crippen molar-refractivity contribution < 1.29 is 14.1 Å². The zero-order valence-electron chi connectivity index (χ0n) is 10.9. The number of hydrogen-bond acceptors (Lipinski definition) is 4. The summed E-state index contributed by atoms with van der Waals surface area (Å²) in [7, 11) is 0. The van der Waals surface area contributed by atoms with Crippen LogP contribution in [0, 0.1) is 21.3 Å². The molecule has 0 atom stereocenters. The summed E-state index contributed by atoms with van der Waals surface area (Å²) in [5.74, 6) is -0.310. The maximum absolute atomic E-state index is 13.1. The molecule has 0 saturated heterocycles. The molecule has 0 unspecified atom stereocenters. The van der Waals surface area contributed by atoms with E-state index >= 15 is 0 Å². The number of hydrogen-bond donors (Lipinski definition) is 2. The van der Waals surface area contributed by atoms with Crippen molar-refractivity contribution in [2.24, 2.45) is 5.73 Å². The smallest absolute Gasteiger partial charge is 0.269 e. The van der Waals surface area contributed by atoms with E-state index in [0.717, 1.165) is 6.07 Å². The maximum atomic E-state index is 13.1. The molecule has 2 aromatic carbocycles. The minimum Gasteiger partial charge on any atom is -0.489 e. The monoisotopic (exact) mass is 289 g/mol. The van der Waals surface area contributed by atoms with E-state index in [9.17, 15) is 14.5 Å². The van der Waals surface area contributed by atoms with Gasteiger partial charge in [0, 0.05) is 23.3 Å². The maximum Gasteiger partial charge on any atom is 0.269 e. The van der Waals surface area contributed by atoms with Crippen LogP contribution in [-0.2, 0) is 6.61 Å². The molecule has 0 aliphatic carbocycles. The molecule has 0 aromatic heterocycles. The molecule has 2 aromatic rings. The van der Waals surface area contributed by atoms with E-state index in [1.165, 1.54) is 36.4 Å². The number of rotatable bonds is 5. The van der Waals surface area contributed by atoms with Gasteiger partial charge in [-0.15, -0.1) is 0 Å². The molecule has 0 fully saturated rings. The molecule has 0 aliphatic rings. The molecular formula is C14H12FN3O3. The van der Waals surface area contributed by atoms with Crippen LogP contribution in [0.1, 0.15) is 11.1 Å². The number of halogens is 1. The number of non-ortho nitro benzene ring substituents is 1. The summed E-state index contributed by atoms with van der Waals surface area (Å²) in [5.41, 5.74) is 6.18. The number of nitrogens with zero attached hydrogens (tertiary/aromatic N) is 1. The lowest BCUT2D eigenvalue weighted by molar-refractivity contribution is -0.384. The fraction of sp³-hybridized carbons (Fsp3) is 0.0714. The summed E-state index contributed by atoms with van der Waals surface area (Å²) in [6, 6.07) is 9.48. The van der Waals surface area contributed by atoms with Crippen LogP contribution in [-0.4, -0.2) is 10.8 Å². The van der Waals surface area contributed by atoms with Gasteiger partial charge < -0.3 is 10.5 Å². The number of amidine groups is 1. The van der Waals surface area contributed by atoms with Crippen molar-refractivity contribution in [1.82, 2.24) is 0 Å². The molecule has 0 amide bonds. The summed E-state index contributed by atoms with van der Waals surface area (Å²) in [6.45, 7) is 0.0764. The van der Waals surface area contributed by atoms with Gasteiger partial charge in [0.25, 0.3) is 5.69 Å². The van der Waals surface area contributed by atoms with E-state index in [-0.39, 0.29) is 23.7 Å². The van der Waals surface area contributed by atoms with E-state index in [1.54, 1.807) is 0 Å². The third-order valence-electron chi connectivity index (χ3n) is 2.80. The highest BCUT2D eigenvalue weighted by molar-refractivity contribution is 5.96. The van der Waals surface area contributed by atoms with Crippen LogP contribution in [0.4, 0.5) is 10.1 Å². The highest BCUT2D eigenvalue weighted by atomic mass is 19.1. The van der Waals surface area contributed by atoms with Gasteiger partial charge >= 0.3 is 0 Å². The second kappa shape index (κ2) is 6.00. The van der Waals surface area contributed by atoms with E-state index < -0.39 is 10.7 Å². The summed E-state index contributed by atoms with van der Waals surface area (Å²) >= 11 is 0. The zero-order valence-corrected chi connectivity index (χ0v) is 10.9. The van der Waals surface area contributed by atoms with E-state index in [1.807, 2.05) is 0 Å². The first-order valence-corrected chi connectivity index (χ1v) is 5.97. The van der Waals surface area contributed by atoms with Gasteiger partial charge in [0.15, 0.2) is 0 Å². The number of nitrogen functional groups attached to an aromatic ring is 1. The van der Waals surface area contributed by atoms with Crippen LogP contribution >= 0.6 is 0 Å². The van der Waals surface area contributed by atoms with Gasteiger partial charge in [-0.3, -0.25) is 15.5 Å². The van der Waals surface area contributed by atoms with Crippen LogP contribution < -0.4 is 10.5 Å².